The van der Waals surface area contributed by atoms with Gasteiger partial charge in [-0.3, -0.25) is 77.4 Å². The Labute approximate surface area is 709 Å². The molecule has 3 heterocycles. The van der Waals surface area contributed by atoms with Gasteiger partial charge in [-0.2, -0.15) is 0 Å². The maximum absolute atomic E-state index is 15.5. The maximum atomic E-state index is 15.5. The molecule has 18 amide bonds. The number of nitrogens with two attached hydrogens (primary N) is 2. The zero-order valence-corrected chi connectivity index (χ0v) is 69.0. The molecule has 9 rings (SSSR count). The number of imide groups is 1. The number of carbonyl (C=O) groups excluding carboxylic acids is 16. The molecule has 1 unspecified atom stereocenters. The molecule has 2 aliphatic heterocycles. The Hall–Kier alpha value is -13.0. The lowest BCUT2D eigenvalue weighted by Crippen LogP contribution is -2.64. The van der Waals surface area contributed by atoms with Gasteiger partial charge >= 0.3 is 12.1 Å². The molecule has 3 aliphatic rings. The highest BCUT2D eigenvalue weighted by Gasteiger charge is 2.43. The summed E-state index contributed by atoms with van der Waals surface area (Å²) in [6.07, 6.45) is 6.22. The van der Waals surface area contributed by atoms with Crippen molar-refractivity contribution in [3.05, 3.63) is 173 Å². The number of amides is 18. The van der Waals surface area contributed by atoms with Gasteiger partial charge in [0.2, 0.25) is 82.7 Å². The Morgan fingerprint density at radius 1 is 0.525 bits per heavy atom. The zero-order valence-electron chi connectivity index (χ0n) is 68.3. The Morgan fingerprint density at radius 3 is 1.55 bits per heavy atom. The van der Waals surface area contributed by atoms with Crippen molar-refractivity contribution in [2.75, 3.05) is 30.3 Å². The van der Waals surface area contributed by atoms with Gasteiger partial charge in [0.05, 0.1) is 25.6 Å². The smallest absolute Gasteiger partial charge is 0.322 e. The third-order valence-corrected chi connectivity index (χ3v) is 21.2. The number of pyridine rings is 1. The molecule has 20 N–H and O–H groups in total. The van der Waals surface area contributed by atoms with Gasteiger partial charge in [-0.25, -0.2) is 9.59 Å². The van der Waals surface area contributed by atoms with E-state index in [1.54, 1.807) is 50.2 Å². The second kappa shape index (κ2) is 44.9. The summed E-state index contributed by atoms with van der Waals surface area (Å²) in [5.74, 6) is -12.2. The number of fused-ring (bicyclic) bond motifs is 1. The number of hydrogen-bond donors (Lipinski definition) is 18. The number of carbonyl (C=O) groups is 16. The second-order valence-electron chi connectivity index (χ2n) is 31.2. The standard InChI is InChI=1S/C85H106ClN19O17/c1-46(2)35-61(80(117)104-72(47(3)91-71(109)44-90-58-16-7-6-8-17-58)83(120)105-34-12-18-69(105)82(119)92-48(4)73(87)110)96-76(113)64(38-52-24-31-60(32-25-52)95-84(88)121)98-78(115)65(39-51-22-29-59(30-23-51)94-74(111)67-42-70(108)103-85(122)102-67)100-81(118)68(45-106)101-79(116)66(41-54-13-11-33-89-43-54)99-77(114)63(37-50-20-27-57(86)28-21-50)97-75(112)62(93-49(5)107)40-53-19-26-55-14-9-10-15-56(55)36-53/h9-11,13-15,19-33,36,43,46-48,58,61-69,72,90,106H,6-8,12,16-18,34-35,37-42,44-45H2,1-5H3,(H2,87,110)(H,91,109)(H,92,119)(H,93,107)(H,94,111)(H,96,113)(H,97,112)(H,98,115)(H,99,114)(H,100,118)(H,101,116)(H,104,117)(H3,88,95,121)(H2,102,103,108,122)/t47?,48-,61+,62-,63-,64-,65+,66-,67+,68+,69+,72+/m1/s1. The number of urea groups is 2. The van der Waals surface area contributed by atoms with Gasteiger partial charge in [0, 0.05) is 80.4 Å². The lowest BCUT2D eigenvalue weighted by molar-refractivity contribution is -0.143. The quantitative estimate of drug-likeness (QED) is 0.0253. The van der Waals surface area contributed by atoms with E-state index in [1.165, 1.54) is 86.6 Å². The van der Waals surface area contributed by atoms with Crippen LogP contribution in [-0.4, -0.2) is 208 Å². The summed E-state index contributed by atoms with van der Waals surface area (Å²) in [6, 6.07) is 14.9. The van der Waals surface area contributed by atoms with Crippen molar-refractivity contribution >= 4 is 129 Å². The fourth-order valence-corrected chi connectivity index (χ4v) is 14.7. The van der Waals surface area contributed by atoms with Crippen molar-refractivity contribution in [1.29, 1.82) is 0 Å². The fraction of sp³-hybridized carbons (Fsp3) is 0.424. The lowest BCUT2D eigenvalue weighted by atomic mass is 9.95. The average molecular weight is 1700 g/mol. The number of aliphatic hydroxyl groups is 1. The van der Waals surface area contributed by atoms with Crippen LogP contribution in [0.2, 0.25) is 5.02 Å². The van der Waals surface area contributed by atoms with Gasteiger partial charge in [-0.05, 0) is 133 Å². The first-order chi connectivity index (χ1) is 58.2. The van der Waals surface area contributed by atoms with Crippen molar-refractivity contribution in [1.82, 2.24) is 79.0 Å². The average Bonchev–Trinajstić information content (AvgIpc) is 1.40. The van der Waals surface area contributed by atoms with Crippen molar-refractivity contribution in [2.45, 2.75) is 203 Å². The summed E-state index contributed by atoms with van der Waals surface area (Å²) in [5, 5.41) is 52.9. The minimum atomic E-state index is -1.95. The van der Waals surface area contributed by atoms with Crippen LogP contribution in [0.15, 0.2) is 140 Å². The van der Waals surface area contributed by atoms with E-state index in [4.69, 9.17) is 23.1 Å². The van der Waals surface area contributed by atoms with Crippen LogP contribution in [0.1, 0.15) is 120 Å². The molecule has 1 aromatic heterocycles. The molecule has 37 heteroatoms. The Morgan fingerprint density at radius 2 is 1.02 bits per heavy atom. The van der Waals surface area contributed by atoms with Crippen molar-refractivity contribution in [3.63, 3.8) is 0 Å². The second-order valence-corrected chi connectivity index (χ2v) is 31.6. The number of likely N-dealkylation sites (tertiary alicyclic amines) is 1. The number of benzene rings is 5. The molecule has 122 heavy (non-hydrogen) atoms. The normalized spacial score (nSPS) is 17.0. The third-order valence-electron chi connectivity index (χ3n) is 21.0. The number of rotatable bonds is 40. The van der Waals surface area contributed by atoms with Gasteiger partial charge in [0.25, 0.3) is 0 Å². The van der Waals surface area contributed by atoms with E-state index in [0.717, 1.165) is 42.9 Å². The molecule has 12 atom stereocenters. The molecule has 0 radical (unpaired) electrons. The molecule has 0 spiro atoms. The molecule has 2 saturated heterocycles. The summed E-state index contributed by atoms with van der Waals surface area (Å²) < 4.78 is 0. The zero-order chi connectivity index (χ0) is 88.3. The third kappa shape index (κ3) is 28.4. The van der Waals surface area contributed by atoms with Gasteiger partial charge in [-0.15, -0.1) is 0 Å². The van der Waals surface area contributed by atoms with Crippen LogP contribution in [-0.2, 0) is 99.2 Å². The number of anilines is 2. The van der Waals surface area contributed by atoms with Gasteiger partial charge in [-0.1, -0.05) is 130 Å². The molecule has 36 nitrogen and oxygen atoms in total. The van der Waals surface area contributed by atoms with E-state index in [2.05, 4.69) is 79.4 Å². The molecular weight excluding hydrogens is 1590 g/mol. The molecule has 1 saturated carbocycles. The molecule has 6 aromatic rings. The SMILES string of the molecule is CC(=O)N[C@H](Cc1ccc2ccccc2c1)C(=O)N[C@H](Cc1ccc(Cl)cc1)C(=O)N[C@H](Cc1cccnc1)C(=O)N[C@@H](CO)C(=O)N[C@@H](Cc1ccc(NC(=O)[C@@H]2CC(=O)NC(=O)N2)cc1)C(=O)N[C@H](Cc1ccc(NC(N)=O)cc1)C(=O)N[C@@H](CC(C)C)C(=O)N[C@H](C(=O)N1CCC[C@H]1C(=O)N[C@H](C)C(N)=O)C(C)NC(=O)CNC1CCCCC1. The minimum absolute atomic E-state index is 0.00469. The van der Waals surface area contributed by atoms with E-state index in [1.807, 2.05) is 47.8 Å². The van der Waals surface area contributed by atoms with Gasteiger partial charge in [0.15, 0.2) is 0 Å². The Balaban J connectivity index is 1.01. The van der Waals surface area contributed by atoms with Crippen LogP contribution in [0, 0.1) is 5.92 Å². The molecule has 5 aromatic carbocycles. The summed E-state index contributed by atoms with van der Waals surface area (Å²) in [6.45, 7) is 6.32. The van der Waals surface area contributed by atoms with Gasteiger partial charge < -0.3 is 95.9 Å². The summed E-state index contributed by atoms with van der Waals surface area (Å²) in [5.41, 5.74) is 13.5. The number of hydrogen-bond acceptors (Lipinski definition) is 19. The number of halogens is 1. The number of aromatic nitrogens is 1. The Kier molecular flexibility index (Phi) is 34.2. The number of nitrogens with one attached hydrogen (secondary N) is 15. The minimum Gasteiger partial charge on any atom is -0.394 e. The van der Waals surface area contributed by atoms with E-state index in [0.29, 0.717) is 33.7 Å². The number of nitrogens with zero attached hydrogens (tertiary/aromatic N) is 2. The summed E-state index contributed by atoms with van der Waals surface area (Å²) in [4.78, 5) is 228. The van der Waals surface area contributed by atoms with Crippen LogP contribution < -0.4 is 91.2 Å². The molecule has 1 aliphatic carbocycles. The van der Waals surface area contributed by atoms with Crippen molar-refractivity contribution in [2.24, 2.45) is 17.4 Å². The fourth-order valence-electron chi connectivity index (χ4n) is 14.5. The van der Waals surface area contributed by atoms with Crippen LogP contribution >= 0.6 is 11.6 Å². The first-order valence-corrected chi connectivity index (χ1v) is 40.8. The molecular formula is C85H106ClN19O17. The van der Waals surface area contributed by atoms with E-state index in [9.17, 15) is 48.3 Å². The first-order valence-electron chi connectivity index (χ1n) is 40.4. The topological polar surface area (TPSA) is 542 Å². The highest BCUT2D eigenvalue weighted by Crippen LogP contribution is 2.24. The molecule has 0 bridgehead atoms. The van der Waals surface area contributed by atoms with E-state index >= 15 is 33.6 Å². The lowest BCUT2D eigenvalue weighted by Gasteiger charge is -2.33. The predicted octanol–water partition coefficient (Wildman–Crippen LogP) is 0.773. The summed E-state index contributed by atoms with van der Waals surface area (Å²) in [7, 11) is 0. The summed E-state index contributed by atoms with van der Waals surface area (Å²) >= 11 is 6.27. The highest BCUT2D eigenvalue weighted by atomic mass is 35.5. The largest absolute Gasteiger partial charge is 0.394 e. The number of aliphatic hydroxyl groups excluding tert-OH is 1. The monoisotopic (exact) mass is 1700 g/mol. The van der Waals surface area contributed by atoms with Crippen LogP contribution in [0.4, 0.5) is 21.0 Å². The molecule has 3 fully saturated rings. The number of primary amides is 2. The van der Waals surface area contributed by atoms with E-state index < -0.39 is 180 Å². The predicted molar refractivity (Wildman–Crippen MR) is 450 cm³/mol. The van der Waals surface area contributed by atoms with E-state index in [-0.39, 0.29) is 86.9 Å². The van der Waals surface area contributed by atoms with Crippen molar-refractivity contribution in [3.8, 4) is 0 Å². The highest BCUT2D eigenvalue weighted by molar-refractivity contribution is 6.30. The van der Waals surface area contributed by atoms with Crippen molar-refractivity contribution < 1.29 is 81.8 Å². The molecule has 650 valence electrons. The maximum Gasteiger partial charge on any atom is 0.322 e. The van der Waals surface area contributed by atoms with Gasteiger partial charge in [0.1, 0.15) is 66.5 Å². The Bertz CT molecular complexity index is 4750. The van der Waals surface area contributed by atoms with Crippen LogP contribution in [0.3, 0.4) is 0 Å². The van der Waals surface area contributed by atoms with Crippen LogP contribution in [0.5, 0.6) is 0 Å². The van der Waals surface area contributed by atoms with Crippen LogP contribution in [0.25, 0.3) is 10.8 Å². The first kappa shape index (κ1) is 92.9.